The number of nitrogens with one attached hydrogen (secondary N) is 1. The maximum absolute atomic E-state index is 12.9. The van der Waals surface area contributed by atoms with Gasteiger partial charge >= 0.3 is 0 Å². The first-order valence-electron chi connectivity index (χ1n) is 11.5. The Balaban J connectivity index is 1.26. The number of pyridine rings is 2. The lowest BCUT2D eigenvalue weighted by molar-refractivity contribution is 0.0664. The van der Waals surface area contributed by atoms with Crippen LogP contribution >= 0.6 is 0 Å². The zero-order valence-corrected chi connectivity index (χ0v) is 19.2. The molecule has 0 unspecified atom stereocenters. The van der Waals surface area contributed by atoms with Crippen LogP contribution in [0.5, 0.6) is 0 Å². The highest BCUT2D eigenvalue weighted by Gasteiger charge is 2.20. The van der Waals surface area contributed by atoms with Crippen molar-refractivity contribution in [2.45, 2.75) is 6.42 Å². The first kappa shape index (κ1) is 21.8. The van der Waals surface area contributed by atoms with Crippen LogP contribution in [0.1, 0.15) is 15.9 Å². The molecule has 4 aromatic rings. The quantitative estimate of drug-likeness (QED) is 0.457. The van der Waals surface area contributed by atoms with E-state index in [1.54, 1.807) is 12.4 Å². The zero-order chi connectivity index (χ0) is 23.5. The normalized spacial score (nSPS) is 14.3. The summed E-state index contributed by atoms with van der Waals surface area (Å²) in [6, 6.07) is 16.1. The van der Waals surface area contributed by atoms with Gasteiger partial charge in [-0.25, -0.2) is 14.8 Å². The average Bonchev–Trinajstić information content (AvgIpc) is 2.88. The van der Waals surface area contributed by atoms with Crippen molar-refractivity contribution in [1.29, 1.82) is 0 Å². The molecule has 0 spiro atoms. The van der Waals surface area contributed by atoms with Gasteiger partial charge in [0.25, 0.3) is 5.91 Å². The van der Waals surface area contributed by atoms with E-state index in [9.17, 15) is 4.79 Å². The fourth-order valence-corrected chi connectivity index (χ4v) is 4.35. The minimum absolute atomic E-state index is 0.115. The summed E-state index contributed by atoms with van der Waals surface area (Å²) in [5.41, 5.74) is 4.03. The molecule has 0 bridgehead atoms. The number of rotatable bonds is 5. The second-order valence-electron chi connectivity index (χ2n) is 8.70. The second kappa shape index (κ2) is 9.46. The van der Waals surface area contributed by atoms with E-state index in [0.29, 0.717) is 11.3 Å². The number of nitrogens with zero attached hydrogens (tertiary/aromatic N) is 5. The molecule has 1 aliphatic heterocycles. The number of carbonyl (C=O) groups is 1. The molecule has 0 atom stereocenters. The lowest BCUT2D eigenvalue weighted by atomic mass is 10.0. The van der Waals surface area contributed by atoms with Gasteiger partial charge in [0.15, 0.2) is 5.65 Å². The van der Waals surface area contributed by atoms with E-state index < -0.39 is 0 Å². The Labute approximate surface area is 198 Å². The van der Waals surface area contributed by atoms with E-state index in [1.807, 2.05) is 35.2 Å². The molecule has 34 heavy (non-hydrogen) atoms. The number of hydrogen-bond donors (Lipinski definition) is 1. The van der Waals surface area contributed by atoms with E-state index in [1.165, 1.54) is 5.56 Å². The number of fused-ring (bicyclic) bond motifs is 2. The van der Waals surface area contributed by atoms with Crippen LogP contribution in [0.15, 0.2) is 60.9 Å². The number of anilines is 1. The number of likely N-dealkylation sites (N-methyl/N-ethyl adjacent to an activating group) is 1. The van der Waals surface area contributed by atoms with Gasteiger partial charge in [-0.1, -0.05) is 24.3 Å². The van der Waals surface area contributed by atoms with E-state index in [0.717, 1.165) is 66.6 Å². The molecule has 170 valence electrons. The van der Waals surface area contributed by atoms with Gasteiger partial charge < -0.3 is 15.1 Å². The van der Waals surface area contributed by atoms with Crippen molar-refractivity contribution in [1.82, 2.24) is 19.8 Å². The molecule has 7 nitrogen and oxygen atoms in total. The molecule has 1 N–H and O–H groups in total. The summed E-state index contributed by atoms with van der Waals surface area (Å²) in [7, 11) is 2.09. The molecule has 3 heterocycles. The van der Waals surface area contributed by atoms with E-state index in [4.69, 9.17) is 6.57 Å². The number of hydrogen-bond acceptors (Lipinski definition) is 5. The number of aromatic nitrogens is 2. The molecule has 1 aliphatic rings. The van der Waals surface area contributed by atoms with Crippen LogP contribution in [0.25, 0.3) is 26.7 Å². The summed E-state index contributed by atoms with van der Waals surface area (Å²) >= 11 is 0. The molecule has 1 amide bonds. The Bertz CT molecular complexity index is 1400. The van der Waals surface area contributed by atoms with Crippen molar-refractivity contribution in [3.63, 3.8) is 0 Å². The second-order valence-corrected chi connectivity index (χ2v) is 8.70. The van der Waals surface area contributed by atoms with Crippen molar-refractivity contribution >= 4 is 39.1 Å². The molecule has 0 aliphatic carbocycles. The molecular weight excluding hydrogens is 424 g/mol. The van der Waals surface area contributed by atoms with Crippen LogP contribution in [0, 0.1) is 6.57 Å². The van der Waals surface area contributed by atoms with Gasteiger partial charge in [-0.05, 0) is 54.1 Å². The third-order valence-electron chi connectivity index (χ3n) is 6.38. The summed E-state index contributed by atoms with van der Waals surface area (Å²) < 4.78 is 0. The molecule has 7 heteroatoms. The first-order valence-corrected chi connectivity index (χ1v) is 11.5. The molecule has 1 fully saturated rings. The van der Waals surface area contributed by atoms with Crippen LogP contribution in [-0.2, 0) is 6.42 Å². The first-order chi connectivity index (χ1) is 16.6. The molecule has 1 saturated heterocycles. The molecule has 2 aromatic heterocycles. The topological polar surface area (TPSA) is 65.7 Å². The SMILES string of the molecule is [C-]#[N+]c1cnc2nccc(NCCc3ccc4cc(C(=O)N5CCN(C)CC5)ccc4c3)c2c1. The van der Waals surface area contributed by atoms with Gasteiger partial charge in [-0.2, -0.15) is 0 Å². The number of benzene rings is 2. The van der Waals surface area contributed by atoms with Crippen LogP contribution in [0.4, 0.5) is 11.4 Å². The molecule has 0 radical (unpaired) electrons. The fraction of sp³-hybridized carbons (Fsp3) is 0.259. The minimum Gasteiger partial charge on any atom is -0.384 e. The highest BCUT2D eigenvalue weighted by atomic mass is 16.2. The largest absolute Gasteiger partial charge is 0.384 e. The predicted octanol–water partition coefficient (Wildman–Crippen LogP) is 4.38. The third-order valence-corrected chi connectivity index (χ3v) is 6.38. The van der Waals surface area contributed by atoms with Gasteiger partial charge in [0, 0.05) is 61.8 Å². The lowest BCUT2D eigenvalue weighted by Crippen LogP contribution is -2.47. The third kappa shape index (κ3) is 4.54. The Morgan fingerprint density at radius 1 is 1.03 bits per heavy atom. The summed E-state index contributed by atoms with van der Waals surface area (Å²) in [5.74, 6) is 0.115. The van der Waals surface area contributed by atoms with E-state index >= 15 is 0 Å². The Hall–Kier alpha value is -4.02. The van der Waals surface area contributed by atoms with Crippen LogP contribution in [0.3, 0.4) is 0 Å². The predicted molar refractivity (Wildman–Crippen MR) is 135 cm³/mol. The fourth-order valence-electron chi connectivity index (χ4n) is 4.35. The molecule has 5 rings (SSSR count). The minimum atomic E-state index is 0.115. The number of amides is 1. The monoisotopic (exact) mass is 450 g/mol. The summed E-state index contributed by atoms with van der Waals surface area (Å²) in [6.45, 7) is 11.4. The van der Waals surface area contributed by atoms with Crippen LogP contribution in [0.2, 0.25) is 0 Å². The van der Waals surface area contributed by atoms with Crippen molar-refractivity contribution in [3.8, 4) is 0 Å². The highest BCUT2D eigenvalue weighted by Crippen LogP contribution is 2.25. The standard InChI is InChI=1S/C27H26N6O/c1-28-23-17-24-25(8-10-30-26(24)31-18-23)29-9-7-19-3-4-21-16-22(6-5-20(21)15-19)27(34)33-13-11-32(2)12-14-33/h3-6,8,10,15-18H,7,9,11-14H2,2H3,(H,29,30,31). The van der Waals surface area contributed by atoms with E-state index in [-0.39, 0.29) is 5.91 Å². The number of carbonyl (C=O) groups excluding carboxylic acids is 1. The summed E-state index contributed by atoms with van der Waals surface area (Å²) in [4.78, 5) is 29.1. The van der Waals surface area contributed by atoms with Gasteiger partial charge in [0.05, 0.1) is 6.57 Å². The van der Waals surface area contributed by atoms with Crippen molar-refractivity contribution < 1.29 is 4.79 Å². The smallest absolute Gasteiger partial charge is 0.253 e. The van der Waals surface area contributed by atoms with Gasteiger partial charge in [-0.15, -0.1) is 0 Å². The Kier molecular flexibility index (Phi) is 6.07. The van der Waals surface area contributed by atoms with Crippen molar-refractivity contribution in [2.75, 3.05) is 45.1 Å². The van der Waals surface area contributed by atoms with Gasteiger partial charge in [0.1, 0.15) is 0 Å². The molecular formula is C27H26N6O. The summed E-state index contributed by atoms with van der Waals surface area (Å²) in [5, 5.41) is 6.53. The van der Waals surface area contributed by atoms with Gasteiger partial charge in [0.2, 0.25) is 5.69 Å². The van der Waals surface area contributed by atoms with E-state index in [2.05, 4.69) is 50.3 Å². The van der Waals surface area contributed by atoms with Crippen molar-refractivity contribution in [3.05, 3.63) is 83.5 Å². The van der Waals surface area contributed by atoms with Gasteiger partial charge in [-0.3, -0.25) is 4.79 Å². The number of piperazine rings is 1. The van der Waals surface area contributed by atoms with Crippen LogP contribution < -0.4 is 5.32 Å². The van der Waals surface area contributed by atoms with Crippen molar-refractivity contribution in [2.24, 2.45) is 0 Å². The Morgan fingerprint density at radius 3 is 2.65 bits per heavy atom. The zero-order valence-electron chi connectivity index (χ0n) is 19.2. The summed E-state index contributed by atoms with van der Waals surface area (Å²) in [6.07, 6.45) is 4.12. The maximum atomic E-state index is 12.9. The Morgan fingerprint density at radius 2 is 1.82 bits per heavy atom. The van der Waals surface area contributed by atoms with Crippen LogP contribution in [-0.4, -0.2) is 65.4 Å². The molecule has 0 saturated carbocycles. The highest BCUT2D eigenvalue weighted by molar-refractivity contribution is 5.98. The molecule has 2 aromatic carbocycles. The average molecular weight is 451 g/mol. The maximum Gasteiger partial charge on any atom is 0.253 e. The lowest BCUT2D eigenvalue weighted by Gasteiger charge is -2.32.